The van der Waals surface area contributed by atoms with Crippen LogP contribution >= 0.6 is 0 Å². The molecule has 1 aliphatic rings. The maximum absolute atomic E-state index is 12.3. The van der Waals surface area contributed by atoms with Gasteiger partial charge in [-0.1, -0.05) is 18.2 Å². The number of rotatable bonds is 4. The average molecular weight is 302 g/mol. The lowest BCUT2D eigenvalue weighted by Gasteiger charge is -2.28. The van der Waals surface area contributed by atoms with Crippen molar-refractivity contribution < 1.29 is 8.95 Å². The molecular formula is C16H18N2O2S. The van der Waals surface area contributed by atoms with Gasteiger partial charge in [0.05, 0.1) is 18.1 Å². The Labute approximate surface area is 127 Å². The monoisotopic (exact) mass is 302 g/mol. The van der Waals surface area contributed by atoms with Crippen LogP contribution in [0.1, 0.15) is 0 Å². The predicted molar refractivity (Wildman–Crippen MR) is 85.9 cm³/mol. The molecule has 0 saturated carbocycles. The van der Waals surface area contributed by atoms with E-state index in [-0.39, 0.29) is 0 Å². The van der Waals surface area contributed by atoms with Crippen LogP contribution in [0, 0.1) is 0 Å². The quantitative estimate of drug-likeness (QED) is 0.944. The Morgan fingerprint density at radius 1 is 0.952 bits per heavy atom. The topological polar surface area (TPSA) is 41.6 Å². The summed E-state index contributed by atoms with van der Waals surface area (Å²) >= 11 is 0. The van der Waals surface area contributed by atoms with Gasteiger partial charge >= 0.3 is 0 Å². The third-order valence-corrected chi connectivity index (χ3v) is 4.53. The highest BCUT2D eigenvalue weighted by Crippen LogP contribution is 2.19. The normalized spacial score (nSPS) is 16.5. The van der Waals surface area contributed by atoms with E-state index in [4.69, 9.17) is 4.74 Å². The average Bonchev–Trinajstić information content (AvgIpc) is 2.57. The van der Waals surface area contributed by atoms with Crippen molar-refractivity contribution in [3.63, 3.8) is 0 Å². The summed E-state index contributed by atoms with van der Waals surface area (Å²) < 4.78 is 20.6. The lowest BCUT2D eigenvalue weighted by molar-refractivity contribution is 0.122. The van der Waals surface area contributed by atoms with E-state index < -0.39 is 11.0 Å². The molecule has 2 aromatic carbocycles. The van der Waals surface area contributed by atoms with E-state index in [0.717, 1.165) is 42.6 Å². The largest absolute Gasteiger partial charge is 0.378 e. The third kappa shape index (κ3) is 3.62. The van der Waals surface area contributed by atoms with Crippen molar-refractivity contribution in [1.29, 1.82) is 0 Å². The zero-order valence-corrected chi connectivity index (χ0v) is 12.5. The van der Waals surface area contributed by atoms with Crippen LogP contribution < -0.4 is 9.62 Å². The number of morpholine rings is 1. The van der Waals surface area contributed by atoms with Crippen molar-refractivity contribution in [2.45, 2.75) is 4.90 Å². The van der Waals surface area contributed by atoms with Gasteiger partial charge in [0.2, 0.25) is 0 Å². The summed E-state index contributed by atoms with van der Waals surface area (Å²) in [5.41, 5.74) is 2.01. The van der Waals surface area contributed by atoms with E-state index in [9.17, 15) is 4.21 Å². The van der Waals surface area contributed by atoms with E-state index in [0.29, 0.717) is 0 Å². The fourth-order valence-corrected chi connectivity index (χ4v) is 3.13. The van der Waals surface area contributed by atoms with E-state index in [2.05, 4.69) is 9.62 Å². The molecule has 1 saturated heterocycles. The highest BCUT2D eigenvalue weighted by Gasteiger charge is 2.11. The molecule has 3 rings (SSSR count). The van der Waals surface area contributed by atoms with Gasteiger partial charge in [-0.05, 0) is 36.4 Å². The lowest BCUT2D eigenvalue weighted by Crippen LogP contribution is -2.36. The lowest BCUT2D eigenvalue weighted by atomic mass is 10.2. The van der Waals surface area contributed by atoms with Gasteiger partial charge < -0.3 is 14.4 Å². The summed E-state index contributed by atoms with van der Waals surface area (Å²) in [6.45, 7) is 3.35. The van der Waals surface area contributed by atoms with Crippen molar-refractivity contribution in [1.82, 2.24) is 0 Å². The molecule has 1 atom stereocenters. The van der Waals surface area contributed by atoms with Gasteiger partial charge in [-0.25, -0.2) is 4.21 Å². The van der Waals surface area contributed by atoms with Crippen LogP contribution in [0.3, 0.4) is 0 Å². The second-order valence-corrected chi connectivity index (χ2v) is 6.04. The summed E-state index contributed by atoms with van der Waals surface area (Å²) in [4.78, 5) is 3.05. The molecule has 0 amide bonds. The minimum atomic E-state index is -1.24. The molecule has 0 spiro atoms. The first-order valence-corrected chi connectivity index (χ1v) is 8.14. The molecular weight excluding hydrogens is 284 g/mol. The van der Waals surface area contributed by atoms with Crippen molar-refractivity contribution in [3.8, 4) is 0 Å². The number of hydrogen-bond acceptors (Lipinski definition) is 3. The first-order valence-electron chi connectivity index (χ1n) is 6.99. The first kappa shape index (κ1) is 14.1. The minimum absolute atomic E-state index is 0.767. The molecule has 21 heavy (non-hydrogen) atoms. The van der Waals surface area contributed by atoms with Gasteiger partial charge in [-0.3, -0.25) is 0 Å². The Morgan fingerprint density at radius 3 is 2.29 bits per heavy atom. The molecule has 5 heteroatoms. The van der Waals surface area contributed by atoms with Crippen molar-refractivity contribution >= 4 is 22.4 Å². The SMILES string of the molecule is O=[S@@](Nc1ccccc1)c1ccc(N2CCOCC2)cc1. The summed E-state index contributed by atoms with van der Waals surface area (Å²) in [6.07, 6.45) is 0. The van der Waals surface area contributed by atoms with Crippen LogP contribution in [-0.2, 0) is 15.7 Å². The Morgan fingerprint density at radius 2 is 1.62 bits per heavy atom. The van der Waals surface area contributed by atoms with Crippen LogP contribution in [0.5, 0.6) is 0 Å². The number of nitrogens with zero attached hydrogens (tertiary/aromatic N) is 1. The molecule has 0 unspecified atom stereocenters. The fraction of sp³-hybridized carbons (Fsp3) is 0.250. The number of anilines is 2. The molecule has 0 radical (unpaired) electrons. The van der Waals surface area contributed by atoms with Crippen molar-refractivity contribution in [2.24, 2.45) is 0 Å². The van der Waals surface area contributed by atoms with Gasteiger partial charge in [0, 0.05) is 24.5 Å². The molecule has 4 nitrogen and oxygen atoms in total. The molecule has 110 valence electrons. The second-order valence-electron chi connectivity index (χ2n) is 4.83. The van der Waals surface area contributed by atoms with Gasteiger partial charge in [0.15, 0.2) is 0 Å². The van der Waals surface area contributed by atoms with Crippen LogP contribution in [0.2, 0.25) is 0 Å². The number of nitrogens with one attached hydrogen (secondary N) is 1. The fourth-order valence-electron chi connectivity index (χ4n) is 2.27. The zero-order chi connectivity index (χ0) is 14.5. The third-order valence-electron chi connectivity index (χ3n) is 3.41. The molecule has 2 aromatic rings. The van der Waals surface area contributed by atoms with Crippen LogP contribution in [0.4, 0.5) is 11.4 Å². The molecule has 1 heterocycles. The van der Waals surface area contributed by atoms with Gasteiger partial charge in [-0.2, -0.15) is 0 Å². The zero-order valence-electron chi connectivity index (χ0n) is 11.7. The standard InChI is InChI=1S/C16H18N2O2S/c19-21(17-14-4-2-1-3-5-14)16-8-6-15(7-9-16)18-10-12-20-13-11-18/h1-9,17H,10-13H2/t21-/m1/s1. The van der Waals surface area contributed by atoms with Gasteiger partial charge in [0.1, 0.15) is 11.0 Å². The van der Waals surface area contributed by atoms with Crippen LogP contribution in [0.15, 0.2) is 59.5 Å². The molecule has 0 aliphatic carbocycles. The Bertz CT molecular complexity index is 595. The number of hydrogen-bond donors (Lipinski definition) is 1. The first-order chi connectivity index (χ1) is 10.3. The van der Waals surface area contributed by atoms with Gasteiger partial charge in [-0.15, -0.1) is 0 Å². The summed E-state index contributed by atoms with van der Waals surface area (Å²) in [7, 11) is -1.24. The Hall–Kier alpha value is -1.85. The highest BCUT2D eigenvalue weighted by atomic mass is 32.2. The number of ether oxygens (including phenoxy) is 1. The number of para-hydroxylation sites is 1. The maximum atomic E-state index is 12.3. The molecule has 0 bridgehead atoms. The molecule has 0 aromatic heterocycles. The summed E-state index contributed by atoms with van der Waals surface area (Å²) in [5, 5.41) is 0. The second kappa shape index (κ2) is 6.74. The Balaban J connectivity index is 1.67. The maximum Gasteiger partial charge on any atom is 0.150 e. The Kier molecular flexibility index (Phi) is 4.52. The van der Waals surface area contributed by atoms with E-state index in [1.165, 1.54) is 0 Å². The highest BCUT2D eigenvalue weighted by molar-refractivity contribution is 7.86. The molecule has 1 N–H and O–H groups in total. The van der Waals surface area contributed by atoms with Crippen LogP contribution in [-0.4, -0.2) is 30.5 Å². The minimum Gasteiger partial charge on any atom is -0.378 e. The van der Waals surface area contributed by atoms with E-state index in [1.807, 2.05) is 54.6 Å². The van der Waals surface area contributed by atoms with Crippen LogP contribution in [0.25, 0.3) is 0 Å². The van der Waals surface area contributed by atoms with E-state index >= 15 is 0 Å². The molecule has 1 fully saturated rings. The summed E-state index contributed by atoms with van der Waals surface area (Å²) in [5.74, 6) is 0. The molecule has 1 aliphatic heterocycles. The smallest absolute Gasteiger partial charge is 0.150 e. The summed E-state index contributed by atoms with van der Waals surface area (Å²) in [6, 6.07) is 17.4. The van der Waals surface area contributed by atoms with Crippen molar-refractivity contribution in [2.75, 3.05) is 35.9 Å². The predicted octanol–water partition coefficient (Wildman–Crippen LogP) is 2.66. The van der Waals surface area contributed by atoms with Gasteiger partial charge in [0.25, 0.3) is 0 Å². The van der Waals surface area contributed by atoms with E-state index in [1.54, 1.807) is 0 Å². The number of benzene rings is 2. The van der Waals surface area contributed by atoms with Crippen molar-refractivity contribution in [3.05, 3.63) is 54.6 Å².